The summed E-state index contributed by atoms with van der Waals surface area (Å²) in [5.74, 6) is 0.742. The molecule has 0 saturated carbocycles. The first-order chi connectivity index (χ1) is 7.86. The molecule has 16 heavy (non-hydrogen) atoms. The number of imidazole rings is 1. The minimum Gasteiger partial charge on any atom is -0.464 e. The largest absolute Gasteiger partial charge is 0.464 e. The van der Waals surface area contributed by atoms with Gasteiger partial charge in [-0.15, -0.1) is 0 Å². The lowest BCUT2D eigenvalue weighted by atomic mass is 10.1. The molecule has 0 saturated heterocycles. The zero-order valence-corrected chi connectivity index (χ0v) is 8.55. The van der Waals surface area contributed by atoms with Gasteiger partial charge in [0.05, 0.1) is 12.3 Å². The van der Waals surface area contributed by atoms with E-state index in [0.717, 1.165) is 22.4 Å². The number of benzene rings is 1. The van der Waals surface area contributed by atoms with Gasteiger partial charge >= 0.3 is 0 Å². The van der Waals surface area contributed by atoms with Crippen molar-refractivity contribution in [3.63, 3.8) is 0 Å². The lowest BCUT2D eigenvalue weighted by Gasteiger charge is -2.06. The maximum Gasteiger partial charge on any atom is 0.134 e. The van der Waals surface area contributed by atoms with Gasteiger partial charge in [-0.05, 0) is 6.07 Å². The molecule has 1 atom stereocenters. The fraction of sp³-hybridized carbons (Fsp3) is 0.0833. The van der Waals surface area contributed by atoms with E-state index in [0.29, 0.717) is 0 Å². The van der Waals surface area contributed by atoms with Crippen LogP contribution in [0.15, 0.2) is 47.3 Å². The number of furan rings is 1. The van der Waals surface area contributed by atoms with Gasteiger partial charge in [-0.1, -0.05) is 18.2 Å². The molecular formula is C12H11N3O. The molecule has 0 spiro atoms. The predicted octanol–water partition coefficient (Wildman–Crippen LogP) is 2.20. The van der Waals surface area contributed by atoms with Crippen molar-refractivity contribution < 1.29 is 4.42 Å². The van der Waals surface area contributed by atoms with Crippen LogP contribution in [0.2, 0.25) is 0 Å². The van der Waals surface area contributed by atoms with Gasteiger partial charge in [-0.2, -0.15) is 0 Å². The Labute approximate surface area is 92.1 Å². The summed E-state index contributed by atoms with van der Waals surface area (Å²) >= 11 is 0. The maximum absolute atomic E-state index is 6.12. The molecule has 3 aromatic rings. The first-order valence-corrected chi connectivity index (χ1v) is 5.07. The van der Waals surface area contributed by atoms with Crippen molar-refractivity contribution in [2.24, 2.45) is 5.73 Å². The molecule has 4 nitrogen and oxygen atoms in total. The Bertz CT molecular complexity index is 598. The first kappa shape index (κ1) is 9.18. The van der Waals surface area contributed by atoms with E-state index < -0.39 is 0 Å². The van der Waals surface area contributed by atoms with Gasteiger partial charge in [0.2, 0.25) is 0 Å². The fourth-order valence-electron chi connectivity index (χ4n) is 1.83. The lowest BCUT2D eigenvalue weighted by Crippen LogP contribution is -2.12. The third kappa shape index (κ3) is 1.31. The van der Waals surface area contributed by atoms with E-state index >= 15 is 0 Å². The number of fused-ring (bicyclic) bond motifs is 1. The molecule has 0 aliphatic heterocycles. The summed E-state index contributed by atoms with van der Waals surface area (Å²) in [7, 11) is 0. The number of hydrogen-bond donors (Lipinski definition) is 2. The molecule has 2 heterocycles. The molecule has 1 aromatic carbocycles. The van der Waals surface area contributed by atoms with Crippen LogP contribution in [-0.2, 0) is 0 Å². The molecule has 2 aromatic heterocycles. The number of nitrogens with two attached hydrogens (primary N) is 1. The summed E-state index contributed by atoms with van der Waals surface area (Å²) in [4.78, 5) is 7.17. The predicted molar refractivity (Wildman–Crippen MR) is 60.8 cm³/mol. The maximum atomic E-state index is 6.12. The van der Waals surface area contributed by atoms with Gasteiger partial charge in [0, 0.05) is 23.3 Å². The number of nitrogens with one attached hydrogen (secondary N) is 1. The van der Waals surface area contributed by atoms with Gasteiger partial charge in [0.15, 0.2) is 0 Å². The van der Waals surface area contributed by atoms with Gasteiger partial charge in [-0.25, -0.2) is 4.98 Å². The molecule has 3 rings (SSSR count). The number of rotatable bonds is 2. The third-order valence-electron chi connectivity index (χ3n) is 2.66. The van der Waals surface area contributed by atoms with Crippen LogP contribution in [0.1, 0.15) is 17.4 Å². The smallest absolute Gasteiger partial charge is 0.134 e. The molecule has 0 aliphatic rings. The summed E-state index contributed by atoms with van der Waals surface area (Å²) in [6.07, 6.45) is 5.15. The second-order valence-corrected chi connectivity index (χ2v) is 3.64. The third-order valence-corrected chi connectivity index (χ3v) is 2.66. The van der Waals surface area contributed by atoms with E-state index in [4.69, 9.17) is 10.2 Å². The van der Waals surface area contributed by atoms with Crippen LogP contribution < -0.4 is 5.73 Å². The average molecular weight is 213 g/mol. The van der Waals surface area contributed by atoms with E-state index in [1.54, 1.807) is 18.7 Å². The van der Waals surface area contributed by atoms with E-state index in [1.807, 2.05) is 24.3 Å². The fourth-order valence-corrected chi connectivity index (χ4v) is 1.83. The summed E-state index contributed by atoms with van der Waals surface area (Å²) in [5.41, 5.74) is 7.91. The quantitative estimate of drug-likeness (QED) is 0.685. The van der Waals surface area contributed by atoms with Gasteiger partial charge in [0.25, 0.3) is 0 Å². The second-order valence-electron chi connectivity index (χ2n) is 3.64. The Kier molecular flexibility index (Phi) is 2.01. The van der Waals surface area contributed by atoms with Crippen LogP contribution in [0.5, 0.6) is 0 Å². The van der Waals surface area contributed by atoms with Crippen molar-refractivity contribution in [3.8, 4) is 0 Å². The summed E-state index contributed by atoms with van der Waals surface area (Å²) < 4.78 is 5.45. The number of nitrogens with zero attached hydrogens (tertiary/aromatic N) is 1. The molecule has 0 aliphatic carbocycles. The highest BCUT2D eigenvalue weighted by Gasteiger charge is 2.16. The van der Waals surface area contributed by atoms with Crippen LogP contribution in [0.25, 0.3) is 11.0 Å². The molecule has 0 amide bonds. The monoisotopic (exact) mass is 213 g/mol. The highest BCUT2D eigenvalue weighted by atomic mass is 16.3. The van der Waals surface area contributed by atoms with Crippen LogP contribution in [0.3, 0.4) is 0 Å². The average Bonchev–Trinajstić information content (AvgIpc) is 2.98. The highest BCUT2D eigenvalue weighted by Crippen LogP contribution is 2.27. The second kappa shape index (κ2) is 3.50. The molecule has 3 N–H and O–H groups in total. The van der Waals surface area contributed by atoms with Gasteiger partial charge in [-0.3, -0.25) is 0 Å². The molecule has 0 fully saturated rings. The van der Waals surface area contributed by atoms with Crippen molar-refractivity contribution in [1.29, 1.82) is 0 Å². The number of aromatic amines is 1. The Morgan fingerprint density at radius 3 is 3.00 bits per heavy atom. The number of para-hydroxylation sites is 1. The molecule has 80 valence electrons. The SMILES string of the molecule is NC(c1ncc[nH]1)c1coc2ccccc12. The van der Waals surface area contributed by atoms with Crippen molar-refractivity contribution in [3.05, 3.63) is 54.3 Å². The van der Waals surface area contributed by atoms with Crippen molar-refractivity contribution >= 4 is 11.0 Å². The standard InChI is InChI=1S/C12H11N3O/c13-11(12-14-5-6-15-12)9-7-16-10-4-2-1-3-8(9)10/h1-7,11H,13H2,(H,14,15). The summed E-state index contributed by atoms with van der Waals surface area (Å²) in [6.45, 7) is 0. The van der Waals surface area contributed by atoms with Crippen LogP contribution in [-0.4, -0.2) is 9.97 Å². The number of hydrogen-bond acceptors (Lipinski definition) is 3. The Balaban J connectivity index is 2.12. The normalized spacial score (nSPS) is 13.1. The van der Waals surface area contributed by atoms with Crippen molar-refractivity contribution in [2.75, 3.05) is 0 Å². The number of H-pyrrole nitrogens is 1. The molecular weight excluding hydrogens is 202 g/mol. The minimum atomic E-state index is -0.279. The van der Waals surface area contributed by atoms with Crippen molar-refractivity contribution in [2.45, 2.75) is 6.04 Å². The van der Waals surface area contributed by atoms with Crippen LogP contribution in [0.4, 0.5) is 0 Å². The van der Waals surface area contributed by atoms with E-state index in [2.05, 4.69) is 9.97 Å². The Morgan fingerprint density at radius 1 is 1.31 bits per heavy atom. The van der Waals surface area contributed by atoms with Gasteiger partial charge in [0.1, 0.15) is 11.4 Å². The van der Waals surface area contributed by atoms with Crippen LogP contribution >= 0.6 is 0 Å². The molecule has 4 heteroatoms. The Morgan fingerprint density at radius 2 is 2.19 bits per heavy atom. The minimum absolute atomic E-state index is 0.279. The van der Waals surface area contributed by atoms with E-state index in [1.165, 1.54) is 0 Å². The van der Waals surface area contributed by atoms with E-state index in [9.17, 15) is 0 Å². The zero-order valence-electron chi connectivity index (χ0n) is 8.55. The summed E-state index contributed by atoms with van der Waals surface area (Å²) in [5, 5.41) is 1.03. The molecule has 0 bridgehead atoms. The summed E-state index contributed by atoms with van der Waals surface area (Å²) in [6, 6.07) is 7.55. The highest BCUT2D eigenvalue weighted by molar-refractivity contribution is 5.81. The molecule has 1 unspecified atom stereocenters. The van der Waals surface area contributed by atoms with Gasteiger partial charge < -0.3 is 15.1 Å². The van der Waals surface area contributed by atoms with Crippen molar-refractivity contribution in [1.82, 2.24) is 9.97 Å². The number of aromatic nitrogens is 2. The zero-order chi connectivity index (χ0) is 11.0. The topological polar surface area (TPSA) is 67.8 Å². The first-order valence-electron chi connectivity index (χ1n) is 5.07. The molecule has 0 radical (unpaired) electrons. The van der Waals surface area contributed by atoms with E-state index in [-0.39, 0.29) is 6.04 Å². The Hall–Kier alpha value is -2.07. The lowest BCUT2D eigenvalue weighted by molar-refractivity contribution is 0.605. The van der Waals surface area contributed by atoms with Crippen LogP contribution in [0, 0.1) is 0 Å².